The van der Waals surface area contributed by atoms with Gasteiger partial charge in [-0.15, -0.1) is 0 Å². The predicted octanol–water partition coefficient (Wildman–Crippen LogP) is 3.28. The first-order valence-corrected chi connectivity index (χ1v) is 6.60. The van der Waals surface area contributed by atoms with Crippen molar-refractivity contribution in [1.82, 2.24) is 0 Å². The Hall–Kier alpha value is -1.12. The van der Waals surface area contributed by atoms with Crippen LogP contribution in [-0.2, 0) is 14.3 Å². The number of carbonyl (C=O) groups is 2. The van der Waals surface area contributed by atoms with Crippen molar-refractivity contribution in [2.75, 3.05) is 0 Å². The molecule has 2 atom stereocenters. The van der Waals surface area contributed by atoms with Crippen molar-refractivity contribution in [2.45, 2.75) is 59.5 Å². The number of hydrogen-bond donors (Lipinski definition) is 0. The maximum atomic E-state index is 12.5. The highest BCUT2D eigenvalue weighted by molar-refractivity contribution is 5.89. The zero-order valence-electron chi connectivity index (χ0n) is 11.9. The lowest BCUT2D eigenvalue weighted by Gasteiger charge is -2.34. The molecule has 0 radical (unpaired) electrons. The zero-order valence-corrected chi connectivity index (χ0v) is 11.9. The molecule has 3 nitrogen and oxygen atoms in total. The molecule has 3 heteroatoms. The number of ketones is 1. The minimum absolute atomic E-state index is 0.128. The van der Waals surface area contributed by atoms with E-state index in [-0.39, 0.29) is 16.9 Å². The molecule has 0 spiro atoms. The van der Waals surface area contributed by atoms with Gasteiger partial charge in [0.05, 0.1) is 0 Å². The van der Waals surface area contributed by atoms with Gasteiger partial charge in [0.25, 0.3) is 6.47 Å². The van der Waals surface area contributed by atoms with Crippen LogP contribution >= 0.6 is 0 Å². The molecule has 0 heterocycles. The second-order valence-electron chi connectivity index (χ2n) is 6.44. The van der Waals surface area contributed by atoms with Gasteiger partial charge in [0.15, 0.2) is 0 Å². The SMILES string of the molecule is CC(C)(C)C(=O)[C@@]1(C)C/C=C/[C@@H](OC=O)CCC1. The Kier molecular flexibility index (Phi) is 4.71. The number of ether oxygens (including phenoxy) is 1. The minimum Gasteiger partial charge on any atom is -0.460 e. The molecule has 0 unspecified atom stereocenters. The van der Waals surface area contributed by atoms with E-state index in [0.717, 1.165) is 25.7 Å². The summed E-state index contributed by atoms with van der Waals surface area (Å²) in [7, 11) is 0. The summed E-state index contributed by atoms with van der Waals surface area (Å²) >= 11 is 0. The Labute approximate surface area is 110 Å². The van der Waals surface area contributed by atoms with Gasteiger partial charge in [-0.05, 0) is 31.8 Å². The molecule has 1 aliphatic carbocycles. The Balaban J connectivity index is 2.78. The van der Waals surface area contributed by atoms with Crippen molar-refractivity contribution in [2.24, 2.45) is 10.8 Å². The van der Waals surface area contributed by atoms with E-state index in [4.69, 9.17) is 4.74 Å². The number of carbonyl (C=O) groups excluding carboxylic acids is 2. The monoisotopic (exact) mass is 252 g/mol. The van der Waals surface area contributed by atoms with Gasteiger partial charge in [0, 0.05) is 10.8 Å². The molecule has 0 bridgehead atoms. The fourth-order valence-corrected chi connectivity index (χ4v) is 2.67. The number of hydrogen-bond acceptors (Lipinski definition) is 3. The molecule has 18 heavy (non-hydrogen) atoms. The summed E-state index contributed by atoms with van der Waals surface area (Å²) in [5.41, 5.74) is -0.596. The van der Waals surface area contributed by atoms with Gasteiger partial charge >= 0.3 is 0 Å². The van der Waals surface area contributed by atoms with Gasteiger partial charge in [0.1, 0.15) is 11.9 Å². The van der Waals surface area contributed by atoms with Crippen LogP contribution in [0.1, 0.15) is 53.4 Å². The Bertz CT molecular complexity index is 338. The van der Waals surface area contributed by atoms with Crippen LogP contribution in [0.2, 0.25) is 0 Å². The van der Waals surface area contributed by atoms with E-state index in [0.29, 0.717) is 12.3 Å². The molecule has 0 fully saturated rings. The molecule has 1 aliphatic rings. The minimum atomic E-state index is -0.305. The van der Waals surface area contributed by atoms with Gasteiger partial charge in [-0.25, -0.2) is 0 Å². The second-order valence-corrected chi connectivity index (χ2v) is 6.44. The number of allylic oxidation sites excluding steroid dienone is 1. The average molecular weight is 252 g/mol. The molecule has 0 aromatic carbocycles. The maximum Gasteiger partial charge on any atom is 0.293 e. The topological polar surface area (TPSA) is 43.4 Å². The third-order valence-electron chi connectivity index (χ3n) is 3.60. The van der Waals surface area contributed by atoms with E-state index < -0.39 is 0 Å². The summed E-state index contributed by atoms with van der Waals surface area (Å²) in [5.74, 6) is 0.314. The van der Waals surface area contributed by atoms with Gasteiger partial charge in [0.2, 0.25) is 0 Å². The van der Waals surface area contributed by atoms with Crippen LogP contribution in [0.3, 0.4) is 0 Å². The number of Topliss-reactive ketones (excluding diaryl/α,β-unsaturated/α-hetero) is 1. The van der Waals surface area contributed by atoms with Crippen molar-refractivity contribution < 1.29 is 14.3 Å². The largest absolute Gasteiger partial charge is 0.460 e. The lowest BCUT2D eigenvalue weighted by atomic mass is 9.68. The Morgan fingerprint density at radius 2 is 2.11 bits per heavy atom. The van der Waals surface area contributed by atoms with E-state index in [1.807, 2.05) is 39.8 Å². The van der Waals surface area contributed by atoms with Crippen LogP contribution in [0.5, 0.6) is 0 Å². The molecule has 0 aliphatic heterocycles. The van der Waals surface area contributed by atoms with Gasteiger partial charge in [-0.2, -0.15) is 0 Å². The Morgan fingerprint density at radius 3 is 2.67 bits per heavy atom. The summed E-state index contributed by atoms with van der Waals surface area (Å²) in [4.78, 5) is 22.8. The first-order chi connectivity index (χ1) is 8.29. The molecule has 0 N–H and O–H groups in total. The normalized spacial score (nSPS) is 31.0. The van der Waals surface area contributed by atoms with Crippen molar-refractivity contribution in [3.8, 4) is 0 Å². The van der Waals surface area contributed by atoms with Crippen LogP contribution in [-0.4, -0.2) is 18.4 Å². The predicted molar refractivity (Wildman–Crippen MR) is 71.1 cm³/mol. The molecule has 0 saturated carbocycles. The average Bonchev–Trinajstić information content (AvgIpc) is 2.24. The Morgan fingerprint density at radius 1 is 1.44 bits per heavy atom. The second kappa shape index (κ2) is 5.68. The molecule has 1 rings (SSSR count). The van der Waals surface area contributed by atoms with Crippen LogP contribution in [0.4, 0.5) is 0 Å². The molecular weight excluding hydrogens is 228 g/mol. The quantitative estimate of drug-likeness (QED) is 0.572. The van der Waals surface area contributed by atoms with E-state index in [1.165, 1.54) is 0 Å². The molecule has 102 valence electrons. The van der Waals surface area contributed by atoms with Gasteiger partial charge < -0.3 is 4.74 Å². The van der Waals surface area contributed by atoms with Crippen molar-refractivity contribution in [3.05, 3.63) is 12.2 Å². The van der Waals surface area contributed by atoms with Crippen LogP contribution in [0.25, 0.3) is 0 Å². The standard InChI is InChI=1S/C15H24O3/c1-14(2,3)13(17)15(4)9-5-7-12(18-11-16)8-6-10-15/h5,7,11-12H,6,8-10H2,1-4H3/b7-5+/t12-,15+/m1/s1. The van der Waals surface area contributed by atoms with Gasteiger partial charge in [-0.3, -0.25) is 9.59 Å². The molecule has 0 aromatic heterocycles. The van der Waals surface area contributed by atoms with Crippen LogP contribution < -0.4 is 0 Å². The lowest BCUT2D eigenvalue weighted by molar-refractivity contribution is -0.137. The summed E-state index contributed by atoms with van der Waals surface area (Å²) in [6.07, 6.45) is 7.03. The first-order valence-electron chi connectivity index (χ1n) is 6.60. The van der Waals surface area contributed by atoms with Crippen molar-refractivity contribution >= 4 is 12.3 Å². The molecular formula is C15H24O3. The van der Waals surface area contributed by atoms with E-state index in [9.17, 15) is 9.59 Å². The third kappa shape index (κ3) is 3.69. The third-order valence-corrected chi connectivity index (χ3v) is 3.60. The summed E-state index contributed by atoms with van der Waals surface area (Å²) < 4.78 is 4.96. The fraction of sp³-hybridized carbons (Fsp3) is 0.733. The van der Waals surface area contributed by atoms with E-state index in [1.54, 1.807) is 0 Å². The summed E-state index contributed by atoms with van der Waals surface area (Å²) in [5, 5.41) is 0. The highest BCUT2D eigenvalue weighted by Crippen LogP contribution is 2.38. The van der Waals surface area contributed by atoms with Crippen LogP contribution in [0.15, 0.2) is 12.2 Å². The lowest BCUT2D eigenvalue weighted by Crippen LogP contribution is -2.37. The van der Waals surface area contributed by atoms with E-state index >= 15 is 0 Å². The fourth-order valence-electron chi connectivity index (χ4n) is 2.67. The van der Waals surface area contributed by atoms with Crippen LogP contribution in [0, 0.1) is 10.8 Å². The summed E-state index contributed by atoms with van der Waals surface area (Å²) in [6.45, 7) is 8.46. The molecule has 0 saturated heterocycles. The van der Waals surface area contributed by atoms with Crippen molar-refractivity contribution in [3.63, 3.8) is 0 Å². The zero-order chi connectivity index (χ0) is 13.8. The number of rotatable bonds is 3. The highest BCUT2D eigenvalue weighted by Gasteiger charge is 2.39. The first kappa shape index (κ1) is 14.9. The van der Waals surface area contributed by atoms with E-state index in [2.05, 4.69) is 0 Å². The highest BCUT2D eigenvalue weighted by atomic mass is 16.5. The molecule has 0 amide bonds. The van der Waals surface area contributed by atoms with Gasteiger partial charge in [-0.1, -0.05) is 33.8 Å². The molecule has 0 aromatic rings. The maximum absolute atomic E-state index is 12.5. The smallest absolute Gasteiger partial charge is 0.293 e. The summed E-state index contributed by atoms with van der Waals surface area (Å²) in [6, 6.07) is 0. The van der Waals surface area contributed by atoms with Crippen molar-refractivity contribution in [1.29, 1.82) is 0 Å².